The summed E-state index contributed by atoms with van der Waals surface area (Å²) in [6.07, 6.45) is 6.00. The number of rotatable bonds is 2. The monoisotopic (exact) mass is 242 g/mol. The second-order valence-corrected chi connectivity index (χ2v) is 5.50. The second kappa shape index (κ2) is 4.23. The van der Waals surface area contributed by atoms with Crippen LogP contribution in [0.2, 0.25) is 0 Å². The van der Waals surface area contributed by atoms with Crippen LogP contribution in [-0.2, 0) is 5.41 Å². The predicted molar refractivity (Wildman–Crippen MR) is 78.7 cm³/mol. The molecule has 0 atom stereocenters. The minimum absolute atomic E-state index is 0.0532. The summed E-state index contributed by atoms with van der Waals surface area (Å²) in [7, 11) is 0. The Morgan fingerprint density at radius 3 is 2.65 bits per heavy atom. The van der Waals surface area contributed by atoms with Gasteiger partial charge in [-0.15, -0.1) is 12.6 Å². The topological polar surface area (TPSA) is 0 Å². The molecule has 0 bridgehead atoms. The maximum absolute atomic E-state index is 4.44. The molecule has 0 heterocycles. The Kier molecular flexibility index (Phi) is 3.05. The third-order valence-electron chi connectivity index (χ3n) is 3.56. The van der Waals surface area contributed by atoms with E-state index in [-0.39, 0.29) is 5.41 Å². The van der Waals surface area contributed by atoms with Gasteiger partial charge in [0.15, 0.2) is 0 Å². The van der Waals surface area contributed by atoms with E-state index in [1.165, 1.54) is 22.3 Å². The molecule has 1 aromatic carbocycles. The van der Waals surface area contributed by atoms with E-state index in [0.29, 0.717) is 0 Å². The van der Waals surface area contributed by atoms with Gasteiger partial charge in [0, 0.05) is 10.3 Å². The van der Waals surface area contributed by atoms with Crippen molar-refractivity contribution in [3.05, 3.63) is 59.7 Å². The smallest absolute Gasteiger partial charge is 0.0155 e. The van der Waals surface area contributed by atoms with Crippen LogP contribution in [0.1, 0.15) is 31.9 Å². The van der Waals surface area contributed by atoms with Gasteiger partial charge in [0.25, 0.3) is 0 Å². The van der Waals surface area contributed by atoms with Crippen LogP contribution >= 0.6 is 12.6 Å². The lowest BCUT2D eigenvalue weighted by Gasteiger charge is -2.23. The van der Waals surface area contributed by atoms with Crippen molar-refractivity contribution in [1.82, 2.24) is 0 Å². The quantitative estimate of drug-likeness (QED) is 0.560. The van der Waals surface area contributed by atoms with E-state index in [1.54, 1.807) is 0 Å². The number of hydrogen-bond donors (Lipinski definition) is 1. The summed E-state index contributed by atoms with van der Waals surface area (Å²) < 4.78 is 0. The van der Waals surface area contributed by atoms with E-state index >= 15 is 0 Å². The van der Waals surface area contributed by atoms with E-state index < -0.39 is 0 Å². The second-order valence-electron chi connectivity index (χ2n) is 4.99. The Morgan fingerprint density at radius 1 is 1.29 bits per heavy atom. The zero-order valence-electron chi connectivity index (χ0n) is 10.6. The lowest BCUT2D eigenvalue weighted by atomic mass is 9.81. The number of hydrogen-bond acceptors (Lipinski definition) is 1. The Labute approximate surface area is 109 Å². The molecule has 1 heteroatoms. The van der Waals surface area contributed by atoms with Crippen molar-refractivity contribution < 1.29 is 0 Å². The normalized spacial score (nSPS) is 17.6. The van der Waals surface area contributed by atoms with Crippen LogP contribution in [0.15, 0.2) is 53.5 Å². The molecule has 17 heavy (non-hydrogen) atoms. The molecule has 2 rings (SSSR count). The van der Waals surface area contributed by atoms with Crippen LogP contribution in [0.4, 0.5) is 0 Å². The zero-order valence-corrected chi connectivity index (χ0v) is 11.5. The van der Waals surface area contributed by atoms with Crippen LogP contribution in [0, 0.1) is 0 Å². The van der Waals surface area contributed by atoms with Crippen LogP contribution in [0.5, 0.6) is 0 Å². The van der Waals surface area contributed by atoms with E-state index in [0.717, 1.165) is 4.90 Å². The van der Waals surface area contributed by atoms with Crippen molar-refractivity contribution in [3.63, 3.8) is 0 Å². The molecule has 0 unspecified atom stereocenters. The van der Waals surface area contributed by atoms with Gasteiger partial charge in [-0.25, -0.2) is 0 Å². The minimum atomic E-state index is 0.0532. The molecule has 0 fully saturated rings. The van der Waals surface area contributed by atoms with Crippen LogP contribution in [0.3, 0.4) is 0 Å². The van der Waals surface area contributed by atoms with Gasteiger partial charge in [-0.3, -0.25) is 0 Å². The Bertz CT molecular complexity index is 530. The fraction of sp³-hybridized carbons (Fsp3) is 0.250. The fourth-order valence-electron chi connectivity index (χ4n) is 2.63. The molecule has 88 valence electrons. The summed E-state index contributed by atoms with van der Waals surface area (Å²) in [4.78, 5) is 1.03. The molecular weight excluding hydrogens is 224 g/mol. The maximum atomic E-state index is 4.44. The van der Waals surface area contributed by atoms with Gasteiger partial charge >= 0.3 is 0 Å². The fourth-order valence-corrected chi connectivity index (χ4v) is 2.84. The maximum Gasteiger partial charge on any atom is 0.0155 e. The summed E-state index contributed by atoms with van der Waals surface area (Å²) in [5.74, 6) is 0. The number of thiol groups is 1. The number of allylic oxidation sites excluding steroid dienone is 5. The summed E-state index contributed by atoms with van der Waals surface area (Å²) in [5.41, 5.74) is 5.49. The number of benzene rings is 1. The average molecular weight is 242 g/mol. The van der Waals surface area contributed by atoms with Crippen LogP contribution in [0.25, 0.3) is 5.57 Å². The van der Waals surface area contributed by atoms with Crippen LogP contribution < -0.4 is 0 Å². The van der Waals surface area contributed by atoms with E-state index in [2.05, 4.69) is 64.3 Å². The SMILES string of the molecule is C=C/C=C\C1=C(C)c2ccc(S)cc2C1(C)C. The first kappa shape index (κ1) is 12.3. The van der Waals surface area contributed by atoms with Crippen molar-refractivity contribution in [2.24, 2.45) is 0 Å². The van der Waals surface area contributed by atoms with Crippen molar-refractivity contribution >= 4 is 18.2 Å². The Hall–Kier alpha value is -1.21. The lowest BCUT2D eigenvalue weighted by molar-refractivity contribution is 0.652. The molecule has 0 spiro atoms. The van der Waals surface area contributed by atoms with Gasteiger partial charge in [0.1, 0.15) is 0 Å². The zero-order chi connectivity index (χ0) is 12.6. The van der Waals surface area contributed by atoms with Crippen molar-refractivity contribution in [2.45, 2.75) is 31.1 Å². The molecular formula is C16H18S. The summed E-state index contributed by atoms with van der Waals surface area (Å²) in [6, 6.07) is 6.40. The molecule has 1 aliphatic carbocycles. The first-order valence-corrected chi connectivity index (χ1v) is 6.27. The van der Waals surface area contributed by atoms with Crippen molar-refractivity contribution in [3.8, 4) is 0 Å². The van der Waals surface area contributed by atoms with Gasteiger partial charge in [0.2, 0.25) is 0 Å². The molecule has 0 aromatic heterocycles. The van der Waals surface area contributed by atoms with Gasteiger partial charge in [-0.05, 0) is 41.3 Å². The van der Waals surface area contributed by atoms with Gasteiger partial charge < -0.3 is 0 Å². The molecule has 0 saturated carbocycles. The molecule has 0 radical (unpaired) electrons. The predicted octanol–water partition coefficient (Wildman–Crippen LogP) is 4.78. The highest BCUT2D eigenvalue weighted by atomic mass is 32.1. The van der Waals surface area contributed by atoms with Crippen LogP contribution in [-0.4, -0.2) is 0 Å². The third-order valence-corrected chi connectivity index (χ3v) is 3.83. The van der Waals surface area contributed by atoms with Gasteiger partial charge in [0.05, 0.1) is 0 Å². The largest absolute Gasteiger partial charge is 0.143 e. The molecule has 0 N–H and O–H groups in total. The highest BCUT2D eigenvalue weighted by Crippen LogP contribution is 2.47. The lowest BCUT2D eigenvalue weighted by Crippen LogP contribution is -2.16. The molecule has 0 aliphatic heterocycles. The summed E-state index contributed by atoms with van der Waals surface area (Å²) >= 11 is 4.44. The van der Waals surface area contributed by atoms with E-state index in [1.807, 2.05) is 12.2 Å². The number of fused-ring (bicyclic) bond motifs is 1. The third kappa shape index (κ3) is 1.89. The summed E-state index contributed by atoms with van der Waals surface area (Å²) in [6.45, 7) is 10.4. The van der Waals surface area contributed by atoms with Crippen molar-refractivity contribution in [2.75, 3.05) is 0 Å². The standard InChI is InChI=1S/C16H18S/c1-5-6-7-14-11(2)13-9-8-12(17)10-15(13)16(14,3)4/h5-10,17H,1H2,2-4H3/b7-6-. The highest BCUT2D eigenvalue weighted by Gasteiger charge is 2.34. The van der Waals surface area contributed by atoms with Gasteiger partial charge in [-0.2, -0.15) is 0 Å². The molecule has 1 aliphatic rings. The molecule has 0 amide bonds. The van der Waals surface area contributed by atoms with Crippen molar-refractivity contribution in [1.29, 1.82) is 0 Å². The summed E-state index contributed by atoms with van der Waals surface area (Å²) in [5, 5.41) is 0. The minimum Gasteiger partial charge on any atom is -0.143 e. The Morgan fingerprint density at radius 2 is 2.00 bits per heavy atom. The van der Waals surface area contributed by atoms with E-state index in [9.17, 15) is 0 Å². The molecule has 0 saturated heterocycles. The molecule has 1 aromatic rings. The van der Waals surface area contributed by atoms with E-state index in [4.69, 9.17) is 0 Å². The molecule has 0 nitrogen and oxygen atoms in total. The average Bonchev–Trinajstić information content (AvgIpc) is 2.45. The first-order valence-electron chi connectivity index (χ1n) is 5.83. The highest BCUT2D eigenvalue weighted by molar-refractivity contribution is 7.80. The first-order chi connectivity index (χ1) is 7.98. The van der Waals surface area contributed by atoms with Gasteiger partial charge in [-0.1, -0.05) is 44.7 Å². The Balaban J connectivity index is 2.63.